The number of anilines is 1. The normalized spacial score (nSPS) is 27.6. The number of hydrogen-bond acceptors (Lipinski definition) is 7. The summed E-state index contributed by atoms with van der Waals surface area (Å²) in [6.45, 7) is -0.399. The fraction of sp³-hybridized carbons (Fsp3) is 0.385. The Balaban J connectivity index is 0.00000176. The van der Waals surface area contributed by atoms with Crippen LogP contribution in [-0.2, 0) is 4.74 Å². The summed E-state index contributed by atoms with van der Waals surface area (Å²) in [5.41, 5.74) is 0.650. The molecule has 1 fully saturated rings. The van der Waals surface area contributed by atoms with Crippen LogP contribution in [-0.4, -0.2) is 86.0 Å². The van der Waals surface area contributed by atoms with Crippen LogP contribution in [0.25, 0.3) is 10.9 Å². The van der Waals surface area contributed by atoms with Crippen LogP contribution in [0.3, 0.4) is 0 Å². The van der Waals surface area contributed by atoms with Gasteiger partial charge in [0.15, 0.2) is 6.23 Å². The van der Waals surface area contributed by atoms with E-state index in [1.54, 1.807) is 18.2 Å². The molecule has 22 heavy (non-hydrogen) atoms. The van der Waals surface area contributed by atoms with E-state index in [9.17, 15) is 15.0 Å². The largest absolute Gasteiger partial charge is 0.394 e. The van der Waals surface area contributed by atoms with Crippen LogP contribution >= 0.6 is 0 Å². The van der Waals surface area contributed by atoms with E-state index in [0.29, 0.717) is 16.6 Å². The molecule has 1 aliphatic rings. The van der Waals surface area contributed by atoms with Crippen molar-refractivity contribution < 1.29 is 20.1 Å². The molecule has 0 amide bonds. The molecule has 2 heterocycles. The van der Waals surface area contributed by atoms with Gasteiger partial charge < -0.3 is 30.4 Å². The molecule has 1 aliphatic heterocycles. The van der Waals surface area contributed by atoms with E-state index in [2.05, 4.69) is 15.3 Å². The summed E-state index contributed by atoms with van der Waals surface area (Å²) < 4.78 is 5.34. The number of H-pyrrole nitrogens is 1. The number of hydrogen-bond donors (Lipinski definition) is 5. The number of nitrogens with one attached hydrogen (secondary N) is 2. The first-order valence-corrected chi connectivity index (χ1v) is 6.47. The molecule has 2 aromatic rings. The molecular weight excluding hydrogens is 301 g/mol. The maximum absolute atomic E-state index is 11.7. The predicted molar refractivity (Wildman–Crippen MR) is 79.5 cm³/mol. The Kier molecular flexibility index (Phi) is 5.56. The number of aromatic nitrogens is 2. The molecule has 0 aliphatic carbocycles. The van der Waals surface area contributed by atoms with Crippen LogP contribution < -0.4 is 10.9 Å². The molecule has 0 bridgehead atoms. The maximum atomic E-state index is 11.7. The Bertz CT molecular complexity index is 709. The number of fused-ring (bicyclic) bond motifs is 1. The molecule has 1 saturated heterocycles. The van der Waals surface area contributed by atoms with Crippen molar-refractivity contribution >= 4 is 46.1 Å². The first-order chi connectivity index (χ1) is 10.1. The van der Waals surface area contributed by atoms with Gasteiger partial charge >= 0.3 is 0 Å². The van der Waals surface area contributed by atoms with Gasteiger partial charge in [-0.1, -0.05) is 6.07 Å². The van der Waals surface area contributed by atoms with E-state index in [-0.39, 0.29) is 35.1 Å². The summed E-state index contributed by atoms with van der Waals surface area (Å²) >= 11 is 0. The molecule has 113 valence electrons. The molecule has 1 radical (unpaired) electrons. The zero-order valence-electron chi connectivity index (χ0n) is 11.9. The number of aliphatic hydroxyl groups excluding tert-OH is 3. The van der Waals surface area contributed by atoms with Gasteiger partial charge in [-0.05, 0) is 12.1 Å². The summed E-state index contributed by atoms with van der Waals surface area (Å²) in [6.07, 6.45) is -2.85. The van der Waals surface area contributed by atoms with E-state index in [1.165, 1.54) is 6.33 Å². The van der Waals surface area contributed by atoms with Crippen molar-refractivity contribution in [2.75, 3.05) is 11.9 Å². The molecule has 1 aromatic heterocycles. The van der Waals surface area contributed by atoms with E-state index in [0.717, 1.165) is 0 Å². The van der Waals surface area contributed by atoms with Crippen molar-refractivity contribution in [2.24, 2.45) is 0 Å². The van der Waals surface area contributed by atoms with Crippen LogP contribution in [0.4, 0.5) is 5.69 Å². The van der Waals surface area contributed by atoms with Crippen LogP contribution in [0.15, 0.2) is 29.3 Å². The number of aromatic amines is 1. The molecule has 9 heteroatoms. The first-order valence-electron chi connectivity index (χ1n) is 6.47. The fourth-order valence-electron chi connectivity index (χ4n) is 2.39. The van der Waals surface area contributed by atoms with Crippen molar-refractivity contribution in [1.29, 1.82) is 0 Å². The molecule has 8 nitrogen and oxygen atoms in total. The second-order valence-electron chi connectivity index (χ2n) is 4.84. The van der Waals surface area contributed by atoms with Crippen molar-refractivity contribution in [3.05, 3.63) is 34.9 Å². The number of aliphatic hydroxyl groups is 3. The summed E-state index contributed by atoms with van der Waals surface area (Å²) in [5, 5.41) is 32.0. The SMILES string of the molecule is O=c1[nH]cnc2c(NC3OC(CO)C(O)C3O)cccc12.[Na]. The van der Waals surface area contributed by atoms with Gasteiger partial charge in [0.05, 0.1) is 24.0 Å². The third kappa shape index (κ3) is 3.04. The Morgan fingerprint density at radius 2 is 2.09 bits per heavy atom. The zero-order chi connectivity index (χ0) is 15.0. The Morgan fingerprint density at radius 1 is 1.32 bits per heavy atom. The van der Waals surface area contributed by atoms with E-state index in [4.69, 9.17) is 9.84 Å². The minimum atomic E-state index is -1.19. The van der Waals surface area contributed by atoms with Crippen LogP contribution in [0.1, 0.15) is 0 Å². The number of ether oxygens (including phenoxy) is 1. The molecule has 5 N–H and O–H groups in total. The molecule has 4 unspecified atom stereocenters. The summed E-state index contributed by atoms with van der Waals surface area (Å²) in [4.78, 5) is 18.3. The van der Waals surface area contributed by atoms with Crippen molar-refractivity contribution in [3.63, 3.8) is 0 Å². The Morgan fingerprint density at radius 3 is 2.77 bits per heavy atom. The number of para-hydroxylation sites is 1. The van der Waals surface area contributed by atoms with Gasteiger partial charge in [-0.3, -0.25) is 4.79 Å². The van der Waals surface area contributed by atoms with Crippen LogP contribution in [0, 0.1) is 0 Å². The van der Waals surface area contributed by atoms with Gasteiger partial charge in [0.2, 0.25) is 0 Å². The topological polar surface area (TPSA) is 128 Å². The minimum absolute atomic E-state index is 0. The van der Waals surface area contributed by atoms with Crippen molar-refractivity contribution in [1.82, 2.24) is 9.97 Å². The van der Waals surface area contributed by atoms with Gasteiger partial charge in [0, 0.05) is 29.6 Å². The molecule has 0 spiro atoms. The summed E-state index contributed by atoms with van der Waals surface area (Å²) in [6, 6.07) is 4.98. The maximum Gasteiger partial charge on any atom is 0.258 e. The molecule has 3 rings (SSSR count). The molecular formula is C13H15N3NaO5. The van der Waals surface area contributed by atoms with Crippen LogP contribution in [0.5, 0.6) is 0 Å². The van der Waals surface area contributed by atoms with Crippen LogP contribution in [0.2, 0.25) is 0 Å². The van der Waals surface area contributed by atoms with Crippen molar-refractivity contribution in [3.8, 4) is 0 Å². The first kappa shape index (κ1) is 17.4. The van der Waals surface area contributed by atoms with E-state index >= 15 is 0 Å². The van der Waals surface area contributed by atoms with Gasteiger partial charge in [-0.2, -0.15) is 0 Å². The number of benzene rings is 1. The average Bonchev–Trinajstić information content (AvgIpc) is 2.76. The Labute approximate surface area is 147 Å². The fourth-order valence-corrected chi connectivity index (χ4v) is 2.39. The standard InChI is InChI=1S/C13H15N3O5.Na/c17-4-8-10(18)11(19)13(21-8)16-7-3-1-2-6-9(7)14-5-15-12(6)20;/h1-3,5,8,10-11,13,16-19H,4H2,(H,14,15,20);. The smallest absolute Gasteiger partial charge is 0.258 e. The predicted octanol–water partition coefficient (Wildman–Crippen LogP) is -1.61. The monoisotopic (exact) mass is 316 g/mol. The van der Waals surface area contributed by atoms with Gasteiger partial charge in [-0.25, -0.2) is 4.98 Å². The van der Waals surface area contributed by atoms with E-state index < -0.39 is 31.1 Å². The molecule has 0 saturated carbocycles. The van der Waals surface area contributed by atoms with Crippen molar-refractivity contribution in [2.45, 2.75) is 24.5 Å². The van der Waals surface area contributed by atoms with Gasteiger partial charge in [0.1, 0.15) is 23.8 Å². The number of rotatable bonds is 3. The zero-order valence-corrected chi connectivity index (χ0v) is 13.9. The van der Waals surface area contributed by atoms with Gasteiger partial charge in [0.25, 0.3) is 5.56 Å². The minimum Gasteiger partial charge on any atom is -0.394 e. The second kappa shape index (κ2) is 7.05. The molecule has 1 aromatic carbocycles. The number of nitrogens with zero attached hydrogens (tertiary/aromatic N) is 1. The third-order valence-electron chi connectivity index (χ3n) is 3.51. The second-order valence-corrected chi connectivity index (χ2v) is 4.84. The quantitative estimate of drug-likeness (QED) is 0.431. The third-order valence-corrected chi connectivity index (χ3v) is 3.51. The average molecular weight is 316 g/mol. The summed E-state index contributed by atoms with van der Waals surface area (Å²) in [7, 11) is 0. The summed E-state index contributed by atoms with van der Waals surface area (Å²) in [5.74, 6) is 0. The molecule has 4 atom stereocenters. The van der Waals surface area contributed by atoms with Gasteiger partial charge in [-0.15, -0.1) is 0 Å². The Hall–Kier alpha value is -1.00. The van der Waals surface area contributed by atoms with E-state index in [1.807, 2.05) is 0 Å².